The molecule has 0 bridgehead atoms. The van der Waals surface area contributed by atoms with Crippen molar-refractivity contribution >= 4 is 22.9 Å². The van der Waals surface area contributed by atoms with E-state index in [4.69, 9.17) is 0 Å². The summed E-state index contributed by atoms with van der Waals surface area (Å²) in [6.45, 7) is 6.74. The highest BCUT2D eigenvalue weighted by Gasteiger charge is 2.20. The van der Waals surface area contributed by atoms with Gasteiger partial charge in [-0.25, -0.2) is 15.0 Å². The number of rotatable bonds is 5. The maximum Gasteiger partial charge on any atom is 0.225 e. The Kier molecular flexibility index (Phi) is 4.65. The monoisotopic (exact) mass is 338 g/mol. The van der Waals surface area contributed by atoms with Crippen molar-refractivity contribution in [2.24, 2.45) is 5.41 Å². The average molecular weight is 338 g/mol. The van der Waals surface area contributed by atoms with Crippen LogP contribution in [0.5, 0.6) is 0 Å². The molecule has 2 heterocycles. The van der Waals surface area contributed by atoms with Gasteiger partial charge in [-0.15, -0.1) is 0 Å². The van der Waals surface area contributed by atoms with Gasteiger partial charge in [-0.1, -0.05) is 39.0 Å². The van der Waals surface area contributed by atoms with Crippen LogP contribution in [0.4, 0.5) is 5.82 Å². The van der Waals surface area contributed by atoms with Crippen LogP contribution in [0.3, 0.4) is 0 Å². The van der Waals surface area contributed by atoms with Crippen LogP contribution in [0.25, 0.3) is 16.9 Å². The van der Waals surface area contributed by atoms with Crippen LogP contribution in [-0.4, -0.2) is 38.5 Å². The first-order chi connectivity index (χ1) is 12.0. The number of imidazole rings is 1. The second kappa shape index (κ2) is 6.88. The first-order valence-electron chi connectivity index (χ1n) is 8.22. The topological polar surface area (TPSA) is 84.7 Å². The molecule has 1 amide bonds. The Morgan fingerprint density at radius 1 is 1.08 bits per heavy atom. The highest BCUT2D eigenvalue weighted by Crippen LogP contribution is 2.20. The minimum absolute atomic E-state index is 0.0236. The molecule has 0 saturated heterocycles. The smallest absolute Gasteiger partial charge is 0.225 e. The number of aromatic nitrogens is 4. The van der Waals surface area contributed by atoms with Gasteiger partial charge in [-0.05, 0) is 12.1 Å². The molecule has 3 aromatic rings. The Balaban J connectivity index is 1.71. The van der Waals surface area contributed by atoms with Crippen molar-refractivity contribution in [2.45, 2.75) is 20.8 Å². The van der Waals surface area contributed by atoms with E-state index in [2.05, 4.69) is 25.6 Å². The highest BCUT2D eigenvalue weighted by molar-refractivity contribution is 5.84. The van der Waals surface area contributed by atoms with Gasteiger partial charge < -0.3 is 10.6 Å². The number of nitrogens with zero attached hydrogens (tertiary/aromatic N) is 4. The summed E-state index contributed by atoms with van der Waals surface area (Å²) in [5.41, 5.74) is 2.04. The summed E-state index contributed by atoms with van der Waals surface area (Å²) in [5.74, 6) is 0.681. The quantitative estimate of drug-likeness (QED) is 0.698. The van der Waals surface area contributed by atoms with Gasteiger partial charge in [-0.2, -0.15) is 0 Å². The molecule has 2 aromatic heterocycles. The number of para-hydroxylation sites is 1. The number of hydrogen-bond donors (Lipinski definition) is 2. The molecule has 0 aliphatic heterocycles. The van der Waals surface area contributed by atoms with Crippen molar-refractivity contribution < 1.29 is 4.79 Å². The van der Waals surface area contributed by atoms with Crippen molar-refractivity contribution in [3.63, 3.8) is 0 Å². The lowest BCUT2D eigenvalue weighted by Gasteiger charge is -2.17. The number of fused-ring (bicyclic) bond motifs is 1. The second-order valence-corrected chi connectivity index (χ2v) is 6.78. The Labute approximate surface area is 146 Å². The molecule has 25 heavy (non-hydrogen) atoms. The molecular weight excluding hydrogens is 316 g/mol. The molecule has 7 nitrogen and oxygen atoms in total. The highest BCUT2D eigenvalue weighted by atomic mass is 16.2. The van der Waals surface area contributed by atoms with E-state index in [-0.39, 0.29) is 5.91 Å². The van der Waals surface area contributed by atoms with Gasteiger partial charge >= 0.3 is 0 Å². The minimum atomic E-state index is -0.392. The molecule has 0 saturated carbocycles. The summed E-state index contributed by atoms with van der Waals surface area (Å²) in [7, 11) is 0. The SMILES string of the molecule is CC(C)(C)C(=O)NCCNc1ncnc2c1ncn2-c1ccccc1. The molecular formula is C18H22N6O. The number of carbonyl (C=O) groups excluding carboxylic acids is 1. The predicted molar refractivity (Wildman–Crippen MR) is 97.6 cm³/mol. The van der Waals surface area contributed by atoms with Crippen LogP contribution in [0.1, 0.15) is 20.8 Å². The number of carbonyl (C=O) groups is 1. The maximum absolute atomic E-state index is 11.9. The van der Waals surface area contributed by atoms with Gasteiger partial charge in [0.1, 0.15) is 12.7 Å². The summed E-state index contributed by atoms with van der Waals surface area (Å²) in [4.78, 5) is 24.9. The zero-order chi connectivity index (χ0) is 17.9. The van der Waals surface area contributed by atoms with Crippen molar-refractivity contribution in [2.75, 3.05) is 18.4 Å². The number of hydrogen-bond acceptors (Lipinski definition) is 5. The van der Waals surface area contributed by atoms with E-state index in [1.165, 1.54) is 6.33 Å². The predicted octanol–water partition coefficient (Wildman–Crippen LogP) is 2.39. The van der Waals surface area contributed by atoms with Gasteiger partial charge in [0.15, 0.2) is 17.0 Å². The molecule has 0 spiro atoms. The molecule has 0 aliphatic carbocycles. The van der Waals surface area contributed by atoms with Gasteiger partial charge in [0.05, 0.1) is 0 Å². The molecule has 130 valence electrons. The fourth-order valence-electron chi connectivity index (χ4n) is 2.36. The van der Waals surface area contributed by atoms with Crippen LogP contribution in [0.15, 0.2) is 43.0 Å². The molecule has 0 aliphatic rings. The third kappa shape index (κ3) is 3.76. The zero-order valence-corrected chi connectivity index (χ0v) is 14.7. The number of nitrogens with one attached hydrogen (secondary N) is 2. The van der Waals surface area contributed by atoms with Crippen LogP contribution in [0, 0.1) is 5.41 Å². The fraction of sp³-hybridized carbons (Fsp3) is 0.333. The lowest BCUT2D eigenvalue weighted by molar-refractivity contribution is -0.128. The van der Waals surface area contributed by atoms with E-state index in [0.717, 1.165) is 11.3 Å². The average Bonchev–Trinajstić information content (AvgIpc) is 3.03. The first kappa shape index (κ1) is 16.9. The standard InChI is InChI=1S/C18H22N6O/c1-18(2,3)17(25)20-10-9-19-15-14-16(22-11-21-15)24(12-23-14)13-7-5-4-6-8-13/h4-8,11-12H,9-10H2,1-3H3,(H,20,25)(H,19,21,22). The largest absolute Gasteiger partial charge is 0.366 e. The molecule has 1 aromatic carbocycles. The maximum atomic E-state index is 11.9. The Morgan fingerprint density at radius 3 is 2.56 bits per heavy atom. The van der Waals surface area contributed by atoms with Gasteiger partial charge in [-0.3, -0.25) is 9.36 Å². The van der Waals surface area contributed by atoms with Crippen LogP contribution < -0.4 is 10.6 Å². The molecule has 0 fully saturated rings. The summed E-state index contributed by atoms with van der Waals surface area (Å²) >= 11 is 0. The minimum Gasteiger partial charge on any atom is -0.366 e. The normalized spacial score (nSPS) is 11.5. The first-order valence-corrected chi connectivity index (χ1v) is 8.22. The van der Waals surface area contributed by atoms with E-state index >= 15 is 0 Å². The molecule has 2 N–H and O–H groups in total. The van der Waals surface area contributed by atoms with Gasteiger partial charge in [0, 0.05) is 24.2 Å². The molecule has 7 heteroatoms. The van der Waals surface area contributed by atoms with E-state index in [1.54, 1.807) is 6.33 Å². The lowest BCUT2D eigenvalue weighted by Crippen LogP contribution is -2.37. The zero-order valence-electron chi connectivity index (χ0n) is 14.7. The molecule has 0 atom stereocenters. The molecule has 3 rings (SSSR count). The Hall–Kier alpha value is -2.96. The number of benzene rings is 1. The summed E-state index contributed by atoms with van der Waals surface area (Å²) in [6, 6.07) is 9.91. The third-order valence-corrected chi connectivity index (χ3v) is 3.75. The Bertz CT molecular complexity index is 866. The number of anilines is 1. The summed E-state index contributed by atoms with van der Waals surface area (Å²) < 4.78 is 1.92. The Morgan fingerprint density at radius 2 is 1.84 bits per heavy atom. The van der Waals surface area contributed by atoms with Crippen LogP contribution in [0.2, 0.25) is 0 Å². The van der Waals surface area contributed by atoms with Crippen molar-refractivity contribution in [1.82, 2.24) is 24.8 Å². The van der Waals surface area contributed by atoms with Crippen LogP contribution in [-0.2, 0) is 4.79 Å². The van der Waals surface area contributed by atoms with Crippen LogP contribution >= 0.6 is 0 Å². The van der Waals surface area contributed by atoms with Gasteiger partial charge in [0.25, 0.3) is 0 Å². The summed E-state index contributed by atoms with van der Waals surface area (Å²) in [6.07, 6.45) is 3.25. The van der Waals surface area contributed by atoms with Gasteiger partial charge in [0.2, 0.25) is 5.91 Å². The number of amides is 1. The van der Waals surface area contributed by atoms with E-state index in [1.807, 2.05) is 55.7 Å². The second-order valence-electron chi connectivity index (χ2n) is 6.78. The van der Waals surface area contributed by atoms with Crippen molar-refractivity contribution in [1.29, 1.82) is 0 Å². The molecule has 0 radical (unpaired) electrons. The lowest BCUT2D eigenvalue weighted by atomic mass is 9.96. The third-order valence-electron chi connectivity index (χ3n) is 3.75. The van der Waals surface area contributed by atoms with E-state index in [9.17, 15) is 4.79 Å². The molecule has 0 unspecified atom stereocenters. The van der Waals surface area contributed by atoms with Crippen molar-refractivity contribution in [3.8, 4) is 5.69 Å². The summed E-state index contributed by atoms with van der Waals surface area (Å²) in [5, 5.41) is 6.12. The van der Waals surface area contributed by atoms with Crippen molar-refractivity contribution in [3.05, 3.63) is 43.0 Å². The van der Waals surface area contributed by atoms with E-state index < -0.39 is 5.41 Å². The van der Waals surface area contributed by atoms with E-state index in [0.29, 0.717) is 24.4 Å². The fourth-order valence-corrected chi connectivity index (χ4v) is 2.36.